The number of hydrogen-bond acceptors (Lipinski definition) is 3. The van der Waals surface area contributed by atoms with E-state index in [-0.39, 0.29) is 88.2 Å². The molecule has 6 heteroatoms. The smallest absolute Gasteiger partial charge is 0.0319 e. The zero-order valence-corrected chi connectivity index (χ0v) is 17.7. The Labute approximate surface area is 155 Å². The molecule has 0 radical (unpaired) electrons. The van der Waals surface area contributed by atoms with E-state index in [4.69, 9.17) is 15.3 Å². The molecule has 0 fully saturated rings. The molecular weight excluding hydrogens is 366 g/mol. The summed E-state index contributed by atoms with van der Waals surface area (Å²) in [5.74, 6) is 0. The number of hydrogen-bond donors (Lipinski definition) is 3. The molecule has 128 valence electrons. The van der Waals surface area contributed by atoms with Crippen molar-refractivity contribution in [2.45, 2.75) is 6.42 Å². The molecule has 3 nitrogen and oxygen atoms in total. The second kappa shape index (κ2) is 176. The Morgan fingerprint density at radius 1 is 0.737 bits per heavy atom. The third-order valence-corrected chi connectivity index (χ3v) is 0.586. The molecule has 0 aromatic carbocycles. The molecule has 3 N–H and O–H groups in total. The van der Waals surface area contributed by atoms with E-state index in [1.54, 1.807) is 0 Å². The number of aliphatic hydroxyl groups is 3. The van der Waals surface area contributed by atoms with Gasteiger partial charge in [-0.25, -0.2) is 12.2 Å². The van der Waals surface area contributed by atoms with Crippen LogP contribution in [0.15, 0.2) is 18.2 Å². The summed E-state index contributed by atoms with van der Waals surface area (Å²) in [6, 6.07) is 0. The van der Waals surface area contributed by atoms with E-state index in [1.165, 1.54) is 0 Å². The Morgan fingerprint density at radius 2 is 1.00 bits per heavy atom. The van der Waals surface area contributed by atoms with Crippen LogP contribution in [0.2, 0.25) is 0 Å². The summed E-state index contributed by atoms with van der Waals surface area (Å²) >= 11 is 0. The van der Waals surface area contributed by atoms with Crippen LogP contribution in [0.4, 0.5) is 0 Å². The zero-order chi connectivity index (χ0) is 9.54. The van der Waals surface area contributed by atoms with Crippen molar-refractivity contribution in [1.82, 2.24) is 0 Å². The summed E-state index contributed by atoms with van der Waals surface area (Å²) in [7, 11) is 3.00. The van der Waals surface area contributed by atoms with E-state index in [1.807, 2.05) is 12.2 Å². The maximum atomic E-state index is 7.00. The van der Waals surface area contributed by atoms with Gasteiger partial charge >= 0.3 is 0 Å². The minimum atomic E-state index is 0. The SMILES string of the molecule is CO.CO.CO.Cl.Cl.[C-]1=CC=CC1.[CH3-].[CH3-].[CH3-].[CH3-].[CH3-].[Zr]. The van der Waals surface area contributed by atoms with Crippen LogP contribution in [0.25, 0.3) is 0 Å². The van der Waals surface area contributed by atoms with Gasteiger partial charge in [0.2, 0.25) is 0 Å². The van der Waals surface area contributed by atoms with Gasteiger partial charge in [-0.15, -0.1) is 31.2 Å². The Balaban J connectivity index is -0.00000000474. The molecule has 0 heterocycles. The van der Waals surface area contributed by atoms with Gasteiger partial charge in [0.05, 0.1) is 0 Å². The van der Waals surface area contributed by atoms with Crippen molar-refractivity contribution in [3.05, 3.63) is 61.4 Å². The van der Waals surface area contributed by atoms with Crippen molar-refractivity contribution in [1.29, 1.82) is 0 Å². The fourth-order valence-electron chi connectivity index (χ4n) is 0.340. The van der Waals surface area contributed by atoms with Gasteiger partial charge in [-0.05, 0) is 0 Å². The Bertz CT molecular complexity index is 84.0. The van der Waals surface area contributed by atoms with Gasteiger partial charge < -0.3 is 52.5 Å². The normalized spacial score (nSPS) is 5.58. The summed E-state index contributed by atoms with van der Waals surface area (Å²) in [6.45, 7) is 0. The minimum Gasteiger partial charge on any atom is -0.400 e. The van der Waals surface area contributed by atoms with Crippen LogP contribution >= 0.6 is 24.8 Å². The number of aliphatic hydroxyl groups excluding tert-OH is 3. The fourth-order valence-corrected chi connectivity index (χ4v) is 0.340. The summed E-state index contributed by atoms with van der Waals surface area (Å²) in [5.41, 5.74) is 0. The monoisotopic (exact) mass is 398 g/mol. The molecule has 0 unspecified atom stereocenters. The molecular formula is C13H34Cl2O3Zr-6. The standard InChI is InChI=1S/C5H5.3CH4O.5CH3.2ClH.Zr/c1-2-4-5-3-1;3*1-2;;;;;;;;/h1-3H,4H2;3*2H,1H3;5*1H3;2*1H;/q-1;;;;5*-1;;;. The maximum Gasteiger partial charge on any atom is 0.0319 e. The van der Waals surface area contributed by atoms with Crippen LogP contribution in [0.1, 0.15) is 6.42 Å². The molecule has 0 aromatic heterocycles. The van der Waals surface area contributed by atoms with Crippen LogP contribution in [0.3, 0.4) is 0 Å². The maximum absolute atomic E-state index is 7.00. The van der Waals surface area contributed by atoms with Crippen LogP contribution in [0.5, 0.6) is 0 Å². The van der Waals surface area contributed by atoms with E-state index in [9.17, 15) is 0 Å². The zero-order valence-electron chi connectivity index (χ0n) is 13.6. The first kappa shape index (κ1) is 90.2. The summed E-state index contributed by atoms with van der Waals surface area (Å²) in [4.78, 5) is 0. The summed E-state index contributed by atoms with van der Waals surface area (Å²) in [5, 5.41) is 21.0. The van der Waals surface area contributed by atoms with E-state index >= 15 is 0 Å². The van der Waals surface area contributed by atoms with E-state index in [2.05, 4.69) is 12.2 Å². The van der Waals surface area contributed by atoms with Gasteiger partial charge in [0.1, 0.15) is 0 Å². The predicted octanol–water partition coefficient (Wildman–Crippen LogP) is 3.22. The third kappa shape index (κ3) is 157. The van der Waals surface area contributed by atoms with Crippen LogP contribution in [-0.2, 0) is 26.2 Å². The Kier molecular flexibility index (Phi) is 837. The van der Waals surface area contributed by atoms with E-state index in [0.717, 1.165) is 27.8 Å². The van der Waals surface area contributed by atoms with Crippen molar-refractivity contribution in [2.75, 3.05) is 21.3 Å². The topological polar surface area (TPSA) is 60.7 Å². The Morgan fingerprint density at radius 3 is 1.05 bits per heavy atom. The molecule has 0 aromatic rings. The van der Waals surface area contributed by atoms with Crippen LogP contribution < -0.4 is 0 Å². The third-order valence-electron chi connectivity index (χ3n) is 0.586. The predicted molar refractivity (Wildman–Crippen MR) is 92.6 cm³/mol. The molecule has 0 saturated carbocycles. The first-order valence-corrected chi connectivity index (χ1v) is 3.06. The molecule has 1 aliphatic carbocycles. The molecule has 0 saturated heterocycles. The number of rotatable bonds is 0. The quantitative estimate of drug-likeness (QED) is 0.547. The van der Waals surface area contributed by atoms with Crippen molar-refractivity contribution in [2.24, 2.45) is 0 Å². The average Bonchev–Trinajstić information content (AvgIpc) is 2.71. The van der Waals surface area contributed by atoms with Crippen molar-refractivity contribution in [3.8, 4) is 0 Å². The van der Waals surface area contributed by atoms with Gasteiger partial charge in [0.25, 0.3) is 0 Å². The largest absolute Gasteiger partial charge is 0.400 e. The van der Waals surface area contributed by atoms with E-state index in [0.29, 0.717) is 0 Å². The van der Waals surface area contributed by atoms with Crippen molar-refractivity contribution < 1.29 is 41.5 Å². The molecule has 0 spiro atoms. The molecule has 1 rings (SSSR count). The van der Waals surface area contributed by atoms with Gasteiger partial charge in [-0.1, -0.05) is 0 Å². The van der Waals surface area contributed by atoms with Gasteiger partial charge in [0.15, 0.2) is 0 Å². The summed E-state index contributed by atoms with van der Waals surface area (Å²) < 4.78 is 0. The molecule has 0 atom stereocenters. The second-order valence-electron chi connectivity index (χ2n) is 1.00. The Hall–Kier alpha value is 0.823. The van der Waals surface area contributed by atoms with Crippen molar-refractivity contribution in [3.63, 3.8) is 0 Å². The molecule has 1 aliphatic rings. The van der Waals surface area contributed by atoms with Crippen molar-refractivity contribution >= 4 is 24.8 Å². The number of halogens is 2. The van der Waals surface area contributed by atoms with Gasteiger partial charge in [0, 0.05) is 47.5 Å². The van der Waals surface area contributed by atoms with Gasteiger partial charge in [-0.2, -0.15) is 6.08 Å². The molecule has 0 bridgehead atoms. The first-order valence-electron chi connectivity index (χ1n) is 3.06. The summed E-state index contributed by atoms with van der Waals surface area (Å²) in [6.07, 6.45) is 10.0. The molecule has 0 aliphatic heterocycles. The second-order valence-corrected chi connectivity index (χ2v) is 1.00. The average molecular weight is 401 g/mol. The van der Waals surface area contributed by atoms with Crippen LogP contribution in [-0.4, -0.2) is 36.6 Å². The molecule has 19 heavy (non-hydrogen) atoms. The van der Waals surface area contributed by atoms with E-state index < -0.39 is 0 Å². The van der Waals surface area contributed by atoms with Crippen LogP contribution in [0, 0.1) is 43.2 Å². The molecule has 0 amide bonds. The fraction of sp³-hybridized carbons (Fsp3) is 0.308. The first-order chi connectivity index (χ1) is 5.50. The van der Waals surface area contributed by atoms with Gasteiger partial charge in [-0.3, -0.25) is 6.08 Å². The minimum absolute atomic E-state index is 0. The number of allylic oxidation sites excluding steroid dienone is 4.